The molecule has 2 aromatic heterocycles. The number of hydrogen-bond acceptors (Lipinski definition) is 2. The molecule has 0 aliphatic rings. The van der Waals surface area contributed by atoms with Gasteiger partial charge in [-0.05, 0) is 18.2 Å². The molecule has 0 spiro atoms. The van der Waals surface area contributed by atoms with Gasteiger partial charge in [-0.2, -0.15) is 0 Å². The summed E-state index contributed by atoms with van der Waals surface area (Å²) in [5.74, 6) is 1.21. The van der Waals surface area contributed by atoms with E-state index in [1.54, 1.807) is 6.20 Å². The van der Waals surface area contributed by atoms with E-state index in [2.05, 4.69) is 9.97 Å². The minimum Gasteiger partial charge on any atom is -0.294 e. The molecule has 5 heteroatoms. The smallest absolute Gasteiger partial charge is 0.129 e. The van der Waals surface area contributed by atoms with Gasteiger partial charge in [0, 0.05) is 11.9 Å². The van der Waals surface area contributed by atoms with Crippen LogP contribution in [0.1, 0.15) is 5.82 Å². The van der Waals surface area contributed by atoms with Crippen LogP contribution in [-0.2, 0) is 5.88 Å². The first-order valence-electron chi connectivity index (χ1n) is 5.33. The average Bonchev–Trinajstić information content (AvgIpc) is 2.78. The van der Waals surface area contributed by atoms with Gasteiger partial charge in [0.05, 0.1) is 23.1 Å². The Bertz CT molecular complexity index is 650. The molecule has 0 saturated heterocycles. The van der Waals surface area contributed by atoms with Crippen molar-refractivity contribution in [2.24, 2.45) is 0 Å². The third-order valence-corrected chi connectivity index (χ3v) is 2.90. The number of pyridine rings is 1. The summed E-state index contributed by atoms with van der Waals surface area (Å²) in [7, 11) is 0. The number of nitrogens with zero attached hydrogens (tertiary/aromatic N) is 3. The largest absolute Gasteiger partial charge is 0.294 e. The third kappa shape index (κ3) is 2.07. The van der Waals surface area contributed by atoms with Crippen LogP contribution >= 0.6 is 24.0 Å². The van der Waals surface area contributed by atoms with Crippen LogP contribution in [0.5, 0.6) is 0 Å². The van der Waals surface area contributed by atoms with E-state index in [-0.39, 0.29) is 12.4 Å². The summed E-state index contributed by atoms with van der Waals surface area (Å²) in [6.45, 7) is 0. The fraction of sp³-hybridized carbons (Fsp3) is 0.0769. The quantitative estimate of drug-likeness (QED) is 0.672. The molecular weight excluding hydrogens is 269 g/mol. The molecule has 18 heavy (non-hydrogen) atoms. The molecular formula is C13H11Cl2N3. The highest BCUT2D eigenvalue weighted by Gasteiger charge is 2.10. The maximum Gasteiger partial charge on any atom is 0.129 e. The Morgan fingerprint density at radius 3 is 2.61 bits per heavy atom. The number of halogens is 2. The predicted octanol–water partition coefficient (Wildman–Crippen LogP) is 3.58. The van der Waals surface area contributed by atoms with Gasteiger partial charge < -0.3 is 0 Å². The molecule has 0 radical (unpaired) electrons. The lowest BCUT2D eigenvalue weighted by atomic mass is 10.3. The second-order valence-corrected chi connectivity index (χ2v) is 3.96. The van der Waals surface area contributed by atoms with Gasteiger partial charge in [-0.15, -0.1) is 24.0 Å². The summed E-state index contributed by atoms with van der Waals surface area (Å²) < 4.78 is 2.04. The number of rotatable bonds is 2. The molecule has 0 atom stereocenters. The maximum absolute atomic E-state index is 5.95. The highest BCUT2D eigenvalue weighted by Crippen LogP contribution is 2.21. The SMILES string of the molecule is Cl.ClCc1nc2ccncc2n1-c1ccccc1. The summed E-state index contributed by atoms with van der Waals surface area (Å²) in [6.07, 6.45) is 3.55. The minimum absolute atomic E-state index is 0. The van der Waals surface area contributed by atoms with Crippen LogP contribution in [0, 0.1) is 0 Å². The number of imidazole rings is 1. The monoisotopic (exact) mass is 279 g/mol. The highest BCUT2D eigenvalue weighted by molar-refractivity contribution is 6.17. The zero-order chi connectivity index (χ0) is 11.7. The van der Waals surface area contributed by atoms with E-state index in [1.165, 1.54) is 0 Å². The number of hydrogen-bond donors (Lipinski definition) is 0. The van der Waals surface area contributed by atoms with Gasteiger partial charge in [0.25, 0.3) is 0 Å². The van der Waals surface area contributed by atoms with Crippen LogP contribution in [0.4, 0.5) is 0 Å². The Kier molecular flexibility index (Phi) is 3.84. The van der Waals surface area contributed by atoms with Gasteiger partial charge in [0.2, 0.25) is 0 Å². The van der Waals surface area contributed by atoms with E-state index in [0.29, 0.717) is 5.88 Å². The molecule has 92 valence electrons. The van der Waals surface area contributed by atoms with Gasteiger partial charge in [0.1, 0.15) is 5.82 Å². The van der Waals surface area contributed by atoms with Crippen molar-refractivity contribution in [3.8, 4) is 5.69 Å². The molecule has 0 N–H and O–H groups in total. The fourth-order valence-electron chi connectivity index (χ4n) is 1.93. The fourth-order valence-corrected chi connectivity index (χ4v) is 2.11. The number of benzene rings is 1. The Morgan fingerprint density at radius 2 is 1.89 bits per heavy atom. The lowest BCUT2D eigenvalue weighted by Gasteiger charge is -2.06. The molecule has 3 rings (SSSR count). The van der Waals surface area contributed by atoms with Gasteiger partial charge in [-0.25, -0.2) is 4.98 Å². The standard InChI is InChI=1S/C13H10ClN3.ClH/c14-8-13-16-11-6-7-15-9-12(11)17(13)10-4-2-1-3-5-10;/h1-7,9H,8H2;1H. The predicted molar refractivity (Wildman–Crippen MR) is 75.7 cm³/mol. The Morgan fingerprint density at radius 1 is 1.11 bits per heavy atom. The van der Waals surface area contributed by atoms with Crippen molar-refractivity contribution in [2.75, 3.05) is 0 Å². The number of para-hydroxylation sites is 1. The summed E-state index contributed by atoms with van der Waals surface area (Å²) in [4.78, 5) is 8.64. The first-order valence-corrected chi connectivity index (χ1v) is 5.86. The van der Waals surface area contributed by atoms with Gasteiger partial charge in [-0.1, -0.05) is 18.2 Å². The van der Waals surface area contributed by atoms with Crippen molar-refractivity contribution in [2.45, 2.75) is 5.88 Å². The van der Waals surface area contributed by atoms with E-state index in [9.17, 15) is 0 Å². The first-order chi connectivity index (χ1) is 8.40. The molecule has 0 aliphatic heterocycles. The Hall–Kier alpha value is -1.58. The number of alkyl halides is 1. The summed E-state index contributed by atoms with van der Waals surface area (Å²) in [5.41, 5.74) is 2.95. The van der Waals surface area contributed by atoms with E-state index >= 15 is 0 Å². The Balaban J connectivity index is 0.00000120. The molecule has 3 aromatic rings. The zero-order valence-corrected chi connectivity index (χ0v) is 11.0. The van der Waals surface area contributed by atoms with Crippen LogP contribution in [0.15, 0.2) is 48.8 Å². The summed E-state index contributed by atoms with van der Waals surface area (Å²) in [5, 5.41) is 0. The van der Waals surface area contributed by atoms with Crippen molar-refractivity contribution in [1.29, 1.82) is 0 Å². The van der Waals surface area contributed by atoms with Gasteiger partial charge in [-0.3, -0.25) is 9.55 Å². The van der Waals surface area contributed by atoms with E-state index in [0.717, 1.165) is 22.5 Å². The van der Waals surface area contributed by atoms with Crippen LogP contribution in [0.3, 0.4) is 0 Å². The van der Waals surface area contributed by atoms with Crippen molar-refractivity contribution in [1.82, 2.24) is 14.5 Å². The number of aromatic nitrogens is 3. The number of fused-ring (bicyclic) bond motifs is 1. The van der Waals surface area contributed by atoms with Crippen molar-refractivity contribution in [3.63, 3.8) is 0 Å². The van der Waals surface area contributed by atoms with Crippen LogP contribution < -0.4 is 0 Å². The van der Waals surface area contributed by atoms with Crippen molar-refractivity contribution >= 4 is 35.0 Å². The van der Waals surface area contributed by atoms with Crippen LogP contribution in [-0.4, -0.2) is 14.5 Å². The molecule has 2 heterocycles. The summed E-state index contributed by atoms with van der Waals surface area (Å²) in [6, 6.07) is 11.9. The summed E-state index contributed by atoms with van der Waals surface area (Å²) >= 11 is 5.95. The van der Waals surface area contributed by atoms with Crippen LogP contribution in [0.25, 0.3) is 16.7 Å². The van der Waals surface area contributed by atoms with Gasteiger partial charge >= 0.3 is 0 Å². The molecule has 0 saturated carbocycles. The normalized spacial score (nSPS) is 10.3. The van der Waals surface area contributed by atoms with E-state index in [4.69, 9.17) is 11.6 Å². The zero-order valence-electron chi connectivity index (χ0n) is 9.45. The first kappa shape index (κ1) is 12.9. The second kappa shape index (κ2) is 5.38. The van der Waals surface area contributed by atoms with E-state index in [1.807, 2.05) is 47.2 Å². The van der Waals surface area contributed by atoms with E-state index < -0.39 is 0 Å². The molecule has 0 bridgehead atoms. The molecule has 0 fully saturated rings. The lowest BCUT2D eigenvalue weighted by Crippen LogP contribution is -1.98. The molecule has 0 aliphatic carbocycles. The van der Waals surface area contributed by atoms with Crippen LogP contribution in [0.2, 0.25) is 0 Å². The highest BCUT2D eigenvalue weighted by atomic mass is 35.5. The molecule has 3 nitrogen and oxygen atoms in total. The molecule has 1 aromatic carbocycles. The topological polar surface area (TPSA) is 30.7 Å². The lowest BCUT2D eigenvalue weighted by molar-refractivity contribution is 0.980. The third-order valence-electron chi connectivity index (χ3n) is 2.66. The van der Waals surface area contributed by atoms with Crippen molar-refractivity contribution in [3.05, 3.63) is 54.6 Å². The average molecular weight is 280 g/mol. The Labute approximate surface area is 116 Å². The second-order valence-electron chi connectivity index (χ2n) is 3.70. The molecule has 0 amide bonds. The van der Waals surface area contributed by atoms with Crippen molar-refractivity contribution < 1.29 is 0 Å². The minimum atomic E-state index is 0. The maximum atomic E-state index is 5.95. The van der Waals surface area contributed by atoms with Gasteiger partial charge in [0.15, 0.2) is 0 Å². The molecule has 0 unspecified atom stereocenters.